The van der Waals surface area contributed by atoms with Crippen LogP contribution in [-0.2, 0) is 16.2 Å². The molecule has 0 aromatic heterocycles. The van der Waals surface area contributed by atoms with Gasteiger partial charge in [0.1, 0.15) is 18.9 Å². The third kappa shape index (κ3) is 5.47. The molecule has 0 atom stereocenters. The van der Waals surface area contributed by atoms with Gasteiger partial charge in [-0.2, -0.15) is 0 Å². The summed E-state index contributed by atoms with van der Waals surface area (Å²) in [4.78, 5) is 40.4. The molecule has 2 aliphatic rings. The topological polar surface area (TPSA) is 66.9 Å². The van der Waals surface area contributed by atoms with Crippen LogP contribution in [-0.4, -0.2) is 46.5 Å². The Morgan fingerprint density at radius 1 is 1.12 bits per heavy atom. The molecule has 166 valence electrons. The van der Waals surface area contributed by atoms with E-state index in [0.29, 0.717) is 29.6 Å². The monoisotopic (exact) mass is 582 g/mol. The van der Waals surface area contributed by atoms with Crippen molar-refractivity contribution in [2.24, 2.45) is 0 Å². The van der Waals surface area contributed by atoms with Gasteiger partial charge in [-0.1, -0.05) is 29.8 Å². The maximum atomic E-state index is 12.7. The molecule has 2 saturated heterocycles. The number of carbonyl (C=O) groups is 3. The van der Waals surface area contributed by atoms with Gasteiger partial charge in [0.15, 0.2) is 0 Å². The number of nitrogens with zero attached hydrogens (tertiary/aromatic N) is 2. The second-order valence-corrected chi connectivity index (χ2v) is 10.1. The number of imide groups is 1. The number of hydrogen-bond donors (Lipinski definition) is 0. The highest BCUT2D eigenvalue weighted by atomic mass is 127. The molecule has 0 unspecified atom stereocenters. The fourth-order valence-corrected chi connectivity index (χ4v) is 5.11. The number of halogens is 2. The van der Waals surface area contributed by atoms with Gasteiger partial charge in [0, 0.05) is 18.1 Å². The number of amides is 3. The highest BCUT2D eigenvalue weighted by Gasteiger charge is 2.37. The first-order chi connectivity index (χ1) is 15.4. The summed E-state index contributed by atoms with van der Waals surface area (Å²) in [6.45, 7) is 1.60. The number of rotatable bonds is 6. The third-order valence-corrected chi connectivity index (χ3v) is 7.19. The molecule has 0 radical (unpaired) electrons. The normalized spacial score (nSPS) is 17.5. The summed E-state index contributed by atoms with van der Waals surface area (Å²) < 4.78 is 6.77. The zero-order valence-corrected chi connectivity index (χ0v) is 20.8. The Kier molecular flexibility index (Phi) is 7.42. The van der Waals surface area contributed by atoms with Crippen molar-refractivity contribution in [2.75, 3.05) is 19.6 Å². The van der Waals surface area contributed by atoms with Crippen LogP contribution in [0.1, 0.15) is 24.0 Å². The number of hydrogen-bond acceptors (Lipinski definition) is 5. The van der Waals surface area contributed by atoms with E-state index in [4.69, 9.17) is 16.3 Å². The molecule has 4 rings (SSSR count). The number of ether oxygens (including phenoxy) is 1. The lowest BCUT2D eigenvalue weighted by Gasteiger charge is -2.18. The molecule has 0 N–H and O–H groups in total. The van der Waals surface area contributed by atoms with E-state index in [2.05, 4.69) is 22.6 Å². The Bertz CT molecular complexity index is 1080. The lowest BCUT2D eigenvalue weighted by atomic mass is 10.2. The zero-order chi connectivity index (χ0) is 22.7. The Morgan fingerprint density at radius 2 is 1.84 bits per heavy atom. The van der Waals surface area contributed by atoms with E-state index in [1.54, 1.807) is 11.0 Å². The van der Waals surface area contributed by atoms with E-state index in [-0.39, 0.29) is 12.5 Å². The minimum atomic E-state index is -0.425. The molecule has 3 amide bonds. The van der Waals surface area contributed by atoms with Crippen LogP contribution in [0.4, 0.5) is 4.79 Å². The van der Waals surface area contributed by atoms with Gasteiger partial charge in [-0.25, -0.2) is 0 Å². The molecule has 0 spiro atoms. The molecule has 6 nitrogen and oxygen atoms in total. The first-order valence-corrected chi connectivity index (χ1v) is 12.4. The number of benzene rings is 2. The summed E-state index contributed by atoms with van der Waals surface area (Å²) in [6, 6.07) is 13.0. The van der Waals surface area contributed by atoms with E-state index in [1.807, 2.05) is 42.5 Å². The summed E-state index contributed by atoms with van der Waals surface area (Å²) in [6.07, 6.45) is 3.60. The van der Waals surface area contributed by atoms with Crippen molar-refractivity contribution in [1.29, 1.82) is 0 Å². The Labute approximate surface area is 209 Å². The van der Waals surface area contributed by atoms with Crippen molar-refractivity contribution < 1.29 is 19.1 Å². The Balaban J connectivity index is 1.41. The first-order valence-electron chi connectivity index (χ1n) is 10.1. The lowest BCUT2D eigenvalue weighted by molar-refractivity contribution is -0.135. The Morgan fingerprint density at radius 3 is 2.53 bits per heavy atom. The molecule has 2 aliphatic heterocycles. The van der Waals surface area contributed by atoms with Gasteiger partial charge in [0.25, 0.3) is 11.1 Å². The van der Waals surface area contributed by atoms with Gasteiger partial charge in [-0.15, -0.1) is 0 Å². The minimum absolute atomic E-state index is 0.178. The van der Waals surface area contributed by atoms with Crippen LogP contribution < -0.4 is 4.74 Å². The van der Waals surface area contributed by atoms with Crippen molar-refractivity contribution >= 4 is 69.1 Å². The van der Waals surface area contributed by atoms with E-state index in [1.165, 1.54) is 0 Å². The standard InChI is InChI=1S/C23H20ClIN2O4S/c24-17-6-3-15(4-7-17)14-31-19-8-5-16(11-18(19)25)12-20-22(29)27(23(30)32-20)13-21(28)26-9-1-2-10-26/h3-8,11-12H,1-2,9-10,13-14H2/b20-12+. The average Bonchev–Trinajstić information content (AvgIpc) is 3.39. The highest BCUT2D eigenvalue weighted by molar-refractivity contribution is 14.1. The molecule has 2 aromatic carbocycles. The van der Waals surface area contributed by atoms with Crippen LogP contribution >= 0.6 is 46.0 Å². The van der Waals surface area contributed by atoms with Gasteiger partial charge in [0.2, 0.25) is 5.91 Å². The number of thioether (sulfide) groups is 1. The molecular weight excluding hydrogens is 563 g/mol. The molecule has 0 aliphatic carbocycles. The minimum Gasteiger partial charge on any atom is -0.488 e. The van der Waals surface area contributed by atoms with E-state index >= 15 is 0 Å². The van der Waals surface area contributed by atoms with Crippen molar-refractivity contribution in [3.63, 3.8) is 0 Å². The van der Waals surface area contributed by atoms with Crippen molar-refractivity contribution in [1.82, 2.24) is 9.80 Å². The van der Waals surface area contributed by atoms with E-state index in [9.17, 15) is 14.4 Å². The van der Waals surface area contributed by atoms with Crippen LogP contribution in [0.5, 0.6) is 5.75 Å². The summed E-state index contributed by atoms with van der Waals surface area (Å²) in [5.41, 5.74) is 1.79. The molecule has 2 aromatic rings. The highest BCUT2D eigenvalue weighted by Crippen LogP contribution is 2.33. The van der Waals surface area contributed by atoms with Crippen LogP contribution in [0.3, 0.4) is 0 Å². The predicted octanol–water partition coefficient (Wildman–Crippen LogP) is 5.18. The second kappa shape index (κ2) is 10.3. The van der Waals surface area contributed by atoms with Gasteiger partial charge < -0.3 is 9.64 Å². The van der Waals surface area contributed by atoms with Gasteiger partial charge >= 0.3 is 0 Å². The van der Waals surface area contributed by atoms with Gasteiger partial charge in [-0.05, 0) is 88.7 Å². The van der Waals surface area contributed by atoms with Crippen molar-refractivity contribution in [2.45, 2.75) is 19.4 Å². The summed E-state index contributed by atoms with van der Waals surface area (Å²) in [5.74, 6) is 0.121. The second-order valence-electron chi connectivity index (χ2n) is 7.46. The summed E-state index contributed by atoms with van der Waals surface area (Å²) >= 11 is 8.95. The molecular formula is C23H20ClIN2O4S. The Hall–Kier alpha value is -2.04. The van der Waals surface area contributed by atoms with Crippen LogP contribution in [0, 0.1) is 3.57 Å². The number of likely N-dealkylation sites (tertiary alicyclic amines) is 1. The van der Waals surface area contributed by atoms with Crippen LogP contribution in [0.25, 0.3) is 6.08 Å². The fraction of sp³-hybridized carbons (Fsp3) is 0.261. The van der Waals surface area contributed by atoms with E-state index in [0.717, 1.165) is 50.0 Å². The number of carbonyl (C=O) groups excluding carboxylic acids is 3. The average molecular weight is 583 g/mol. The summed E-state index contributed by atoms with van der Waals surface area (Å²) in [7, 11) is 0. The third-order valence-electron chi connectivity index (χ3n) is 5.19. The molecule has 0 saturated carbocycles. The van der Waals surface area contributed by atoms with Crippen LogP contribution in [0.15, 0.2) is 47.4 Å². The maximum Gasteiger partial charge on any atom is 0.294 e. The molecule has 2 heterocycles. The fourth-order valence-electron chi connectivity index (χ4n) is 3.46. The zero-order valence-electron chi connectivity index (χ0n) is 17.1. The first kappa shape index (κ1) is 23.1. The molecule has 0 bridgehead atoms. The summed E-state index contributed by atoms with van der Waals surface area (Å²) in [5, 5.41) is 0.268. The lowest BCUT2D eigenvalue weighted by Crippen LogP contribution is -2.40. The quantitative estimate of drug-likeness (QED) is 0.347. The smallest absolute Gasteiger partial charge is 0.294 e. The van der Waals surface area contributed by atoms with Crippen molar-refractivity contribution in [3.8, 4) is 5.75 Å². The van der Waals surface area contributed by atoms with Crippen LogP contribution in [0.2, 0.25) is 5.02 Å². The largest absolute Gasteiger partial charge is 0.488 e. The van der Waals surface area contributed by atoms with Gasteiger partial charge in [0.05, 0.1) is 8.48 Å². The molecule has 2 fully saturated rings. The van der Waals surface area contributed by atoms with Gasteiger partial charge in [-0.3, -0.25) is 19.3 Å². The predicted molar refractivity (Wildman–Crippen MR) is 133 cm³/mol. The van der Waals surface area contributed by atoms with E-state index < -0.39 is 11.1 Å². The SMILES string of the molecule is O=C(CN1C(=O)S/C(=C/c2ccc(OCc3ccc(Cl)cc3)c(I)c2)C1=O)N1CCCC1. The molecule has 32 heavy (non-hydrogen) atoms. The molecule has 9 heteroatoms. The maximum absolute atomic E-state index is 12.7. The van der Waals surface area contributed by atoms with Crippen molar-refractivity contribution in [3.05, 3.63) is 67.1 Å².